The van der Waals surface area contributed by atoms with Crippen LogP contribution in [0.3, 0.4) is 0 Å². The number of anilines is 4. The summed E-state index contributed by atoms with van der Waals surface area (Å²) in [6.45, 7) is 0.769. The molecule has 6 nitrogen and oxygen atoms in total. The van der Waals surface area contributed by atoms with Crippen molar-refractivity contribution in [2.75, 3.05) is 41.9 Å². The van der Waals surface area contributed by atoms with Gasteiger partial charge in [0, 0.05) is 49.5 Å². The lowest BCUT2D eigenvalue weighted by Crippen LogP contribution is -2.18. The predicted molar refractivity (Wildman–Crippen MR) is 114 cm³/mol. The Morgan fingerprint density at radius 1 is 1.11 bits per heavy atom. The normalized spacial score (nSPS) is 10.4. The van der Waals surface area contributed by atoms with Crippen LogP contribution in [0.15, 0.2) is 53.9 Å². The molecule has 0 radical (unpaired) electrons. The lowest BCUT2D eigenvalue weighted by Gasteiger charge is -2.17. The predicted octanol–water partition coefficient (Wildman–Crippen LogP) is 3.70. The van der Waals surface area contributed by atoms with Gasteiger partial charge in [-0.15, -0.1) is 11.3 Å². The van der Waals surface area contributed by atoms with Gasteiger partial charge < -0.3 is 21.3 Å². The summed E-state index contributed by atoms with van der Waals surface area (Å²) in [6, 6.07) is 15.2. The van der Waals surface area contributed by atoms with Crippen LogP contribution in [0.25, 0.3) is 0 Å². The number of nitrogens with zero attached hydrogens (tertiary/aromatic N) is 2. The Hall–Kier alpha value is -3.06. The number of benzene rings is 2. The third-order valence-electron chi connectivity index (χ3n) is 4.05. The van der Waals surface area contributed by atoms with Gasteiger partial charge in [-0.3, -0.25) is 4.79 Å². The Morgan fingerprint density at radius 2 is 1.81 bits per heavy atom. The van der Waals surface area contributed by atoms with Gasteiger partial charge in [-0.1, -0.05) is 12.1 Å². The number of nitrogens with one attached hydrogen (secondary N) is 2. The summed E-state index contributed by atoms with van der Waals surface area (Å²) in [5.74, 6) is -0.124. The van der Waals surface area contributed by atoms with E-state index in [1.807, 2.05) is 72.9 Å². The number of thiazole rings is 1. The molecule has 3 rings (SSSR count). The van der Waals surface area contributed by atoms with E-state index in [0.717, 1.165) is 35.7 Å². The number of carbonyl (C=O) groups excluding carboxylic acids is 1. The van der Waals surface area contributed by atoms with Crippen LogP contribution in [0.1, 0.15) is 16.1 Å². The highest BCUT2D eigenvalue weighted by molar-refractivity contribution is 7.13. The molecule has 27 heavy (non-hydrogen) atoms. The fourth-order valence-corrected chi connectivity index (χ4v) is 3.30. The number of nitrogen functional groups attached to an aromatic ring is 1. The summed E-state index contributed by atoms with van der Waals surface area (Å²) in [7, 11) is 3.85. The highest BCUT2D eigenvalue weighted by atomic mass is 32.1. The van der Waals surface area contributed by atoms with Crippen molar-refractivity contribution in [3.8, 4) is 0 Å². The number of para-hydroxylation sites is 1. The van der Waals surface area contributed by atoms with Crippen LogP contribution in [0.2, 0.25) is 0 Å². The van der Waals surface area contributed by atoms with Crippen molar-refractivity contribution in [3.63, 3.8) is 0 Å². The smallest absolute Gasteiger partial charge is 0.257 e. The summed E-state index contributed by atoms with van der Waals surface area (Å²) in [5, 5.41) is 8.86. The number of amides is 1. The molecular weight excluding hydrogens is 358 g/mol. The van der Waals surface area contributed by atoms with Crippen molar-refractivity contribution >= 4 is 39.4 Å². The number of hydrogen-bond acceptors (Lipinski definition) is 6. The largest absolute Gasteiger partial charge is 0.385 e. The minimum atomic E-state index is -0.124. The third-order valence-corrected chi connectivity index (χ3v) is 4.78. The van der Waals surface area contributed by atoms with E-state index in [2.05, 4.69) is 15.6 Å². The van der Waals surface area contributed by atoms with Crippen LogP contribution in [0.4, 0.5) is 22.2 Å². The summed E-state index contributed by atoms with van der Waals surface area (Å²) in [6.07, 6.45) is 0.813. The van der Waals surface area contributed by atoms with E-state index in [-0.39, 0.29) is 5.91 Å². The first-order valence-corrected chi connectivity index (χ1v) is 9.52. The molecule has 4 N–H and O–H groups in total. The lowest BCUT2D eigenvalue weighted by atomic mass is 10.1. The van der Waals surface area contributed by atoms with E-state index in [0.29, 0.717) is 10.7 Å². The van der Waals surface area contributed by atoms with E-state index in [9.17, 15) is 4.79 Å². The zero-order valence-corrected chi connectivity index (χ0v) is 16.2. The first-order valence-electron chi connectivity index (χ1n) is 8.64. The summed E-state index contributed by atoms with van der Waals surface area (Å²) in [5.41, 5.74) is 9.91. The molecule has 0 atom stereocenters. The van der Waals surface area contributed by atoms with Crippen LogP contribution < -0.4 is 21.3 Å². The highest BCUT2D eigenvalue weighted by Gasteiger charge is 2.12. The van der Waals surface area contributed by atoms with Crippen LogP contribution in [0, 0.1) is 0 Å². The van der Waals surface area contributed by atoms with Crippen molar-refractivity contribution in [2.24, 2.45) is 0 Å². The van der Waals surface area contributed by atoms with Crippen molar-refractivity contribution < 1.29 is 4.79 Å². The van der Waals surface area contributed by atoms with Gasteiger partial charge in [0.2, 0.25) is 0 Å². The molecule has 0 saturated heterocycles. The number of aromatic nitrogens is 1. The second-order valence-corrected chi connectivity index (χ2v) is 7.19. The molecule has 1 aromatic heterocycles. The standard InChI is InChI=1S/C20H23N5OS/c1-25(2)18-6-4-3-5-17(18)19(26)23-15-9-7-14(8-10-15)22-12-11-16-13-27-20(21)24-16/h3-10,13,22H,11-12H2,1-2H3,(H2,21,24)(H,23,26). The molecule has 1 heterocycles. The van der Waals surface area contributed by atoms with Gasteiger partial charge in [0.25, 0.3) is 5.91 Å². The van der Waals surface area contributed by atoms with Gasteiger partial charge in [0.1, 0.15) is 0 Å². The number of rotatable bonds is 7. The molecule has 0 spiro atoms. The number of carbonyl (C=O) groups is 1. The molecule has 0 unspecified atom stereocenters. The maximum atomic E-state index is 12.6. The van der Waals surface area contributed by atoms with E-state index < -0.39 is 0 Å². The quantitative estimate of drug-likeness (QED) is 0.581. The minimum Gasteiger partial charge on any atom is -0.385 e. The van der Waals surface area contributed by atoms with E-state index in [1.54, 1.807) is 0 Å². The number of hydrogen-bond donors (Lipinski definition) is 3. The van der Waals surface area contributed by atoms with E-state index in [1.165, 1.54) is 11.3 Å². The maximum absolute atomic E-state index is 12.6. The molecule has 0 aliphatic heterocycles. The van der Waals surface area contributed by atoms with Gasteiger partial charge in [-0.2, -0.15) is 0 Å². The molecule has 140 valence electrons. The molecule has 1 amide bonds. The Morgan fingerprint density at radius 3 is 2.48 bits per heavy atom. The average Bonchev–Trinajstić information content (AvgIpc) is 3.08. The van der Waals surface area contributed by atoms with Crippen molar-refractivity contribution in [1.29, 1.82) is 0 Å². The molecule has 0 saturated carbocycles. The monoisotopic (exact) mass is 381 g/mol. The number of nitrogens with two attached hydrogens (primary N) is 1. The Balaban J connectivity index is 1.56. The van der Waals surface area contributed by atoms with Gasteiger partial charge in [-0.05, 0) is 36.4 Å². The Bertz CT molecular complexity index is 905. The fraction of sp³-hybridized carbons (Fsp3) is 0.200. The molecule has 0 bridgehead atoms. The van der Waals surface area contributed by atoms with Crippen LogP contribution >= 0.6 is 11.3 Å². The Labute approximate surface area is 163 Å². The van der Waals surface area contributed by atoms with Crippen molar-refractivity contribution in [2.45, 2.75) is 6.42 Å². The lowest BCUT2D eigenvalue weighted by molar-refractivity contribution is 0.102. The van der Waals surface area contributed by atoms with Crippen molar-refractivity contribution in [3.05, 3.63) is 65.2 Å². The van der Waals surface area contributed by atoms with Crippen LogP contribution in [-0.4, -0.2) is 31.5 Å². The van der Waals surface area contributed by atoms with Crippen LogP contribution in [-0.2, 0) is 6.42 Å². The van der Waals surface area contributed by atoms with Crippen LogP contribution in [0.5, 0.6) is 0 Å². The molecule has 0 fully saturated rings. The molecule has 2 aromatic carbocycles. The van der Waals surface area contributed by atoms with Gasteiger partial charge >= 0.3 is 0 Å². The minimum absolute atomic E-state index is 0.124. The fourth-order valence-electron chi connectivity index (χ4n) is 2.70. The van der Waals surface area contributed by atoms with Gasteiger partial charge in [0.05, 0.1) is 11.3 Å². The SMILES string of the molecule is CN(C)c1ccccc1C(=O)Nc1ccc(NCCc2csc(N)n2)cc1. The molecule has 0 aliphatic carbocycles. The Kier molecular flexibility index (Phi) is 5.93. The zero-order valence-electron chi connectivity index (χ0n) is 15.4. The highest BCUT2D eigenvalue weighted by Crippen LogP contribution is 2.20. The molecule has 0 aliphatic rings. The van der Waals surface area contributed by atoms with Crippen molar-refractivity contribution in [1.82, 2.24) is 4.98 Å². The van der Waals surface area contributed by atoms with Gasteiger partial charge in [-0.25, -0.2) is 4.98 Å². The third kappa shape index (κ3) is 4.98. The first kappa shape index (κ1) is 18.7. The van der Waals surface area contributed by atoms with E-state index in [4.69, 9.17) is 5.73 Å². The average molecular weight is 382 g/mol. The second-order valence-electron chi connectivity index (χ2n) is 6.30. The summed E-state index contributed by atoms with van der Waals surface area (Å²) in [4.78, 5) is 18.8. The second kappa shape index (κ2) is 8.55. The zero-order chi connectivity index (χ0) is 19.2. The molecule has 3 aromatic rings. The van der Waals surface area contributed by atoms with Gasteiger partial charge in [0.15, 0.2) is 5.13 Å². The topological polar surface area (TPSA) is 83.3 Å². The summed E-state index contributed by atoms with van der Waals surface area (Å²) < 4.78 is 0. The maximum Gasteiger partial charge on any atom is 0.257 e. The molecule has 7 heteroatoms. The molecular formula is C20H23N5OS. The first-order chi connectivity index (χ1) is 13.0. The summed E-state index contributed by atoms with van der Waals surface area (Å²) >= 11 is 1.45. The van der Waals surface area contributed by atoms with E-state index >= 15 is 0 Å².